The molecule has 0 atom stereocenters. The van der Waals surface area contributed by atoms with Gasteiger partial charge in [-0.3, -0.25) is 9.78 Å². The first kappa shape index (κ1) is 16.5. The number of amides is 1. The third-order valence-corrected chi connectivity index (χ3v) is 2.90. The summed E-state index contributed by atoms with van der Waals surface area (Å²) in [6.07, 6.45) is 0.0544. The van der Waals surface area contributed by atoms with Gasteiger partial charge in [0, 0.05) is 24.6 Å². The van der Waals surface area contributed by atoms with Crippen molar-refractivity contribution in [3.63, 3.8) is 0 Å². The predicted molar refractivity (Wildman–Crippen MR) is 82.3 cm³/mol. The molecule has 1 aromatic heterocycles. The van der Waals surface area contributed by atoms with Crippen molar-refractivity contribution >= 4 is 17.3 Å². The van der Waals surface area contributed by atoms with Gasteiger partial charge in [0.15, 0.2) is 0 Å². The molecule has 23 heavy (non-hydrogen) atoms. The van der Waals surface area contributed by atoms with Crippen LogP contribution in [0.2, 0.25) is 0 Å². The molecule has 0 spiro atoms. The Morgan fingerprint density at radius 3 is 2.70 bits per heavy atom. The zero-order valence-corrected chi connectivity index (χ0v) is 12.0. The molecule has 1 heterocycles. The molecule has 1 amide bonds. The molecular formula is C16H14F3N3O. The Morgan fingerprint density at radius 2 is 2.00 bits per heavy atom. The lowest BCUT2D eigenvalue weighted by Gasteiger charge is -2.10. The van der Waals surface area contributed by atoms with E-state index in [4.69, 9.17) is 0 Å². The Kier molecular flexibility index (Phi) is 5.00. The van der Waals surface area contributed by atoms with Gasteiger partial charge in [-0.2, -0.15) is 13.2 Å². The van der Waals surface area contributed by atoms with Crippen molar-refractivity contribution in [3.05, 3.63) is 66.5 Å². The summed E-state index contributed by atoms with van der Waals surface area (Å²) in [7, 11) is 0. The first-order valence-electron chi connectivity index (χ1n) is 6.68. The van der Waals surface area contributed by atoms with Gasteiger partial charge >= 0.3 is 6.18 Å². The van der Waals surface area contributed by atoms with Crippen LogP contribution < -0.4 is 10.6 Å². The van der Waals surface area contributed by atoms with Gasteiger partial charge in [-0.15, -0.1) is 6.58 Å². The normalized spacial score (nSPS) is 10.9. The maximum atomic E-state index is 12.7. The highest BCUT2D eigenvalue weighted by molar-refractivity contribution is 6.04. The van der Waals surface area contributed by atoms with E-state index in [0.29, 0.717) is 12.2 Å². The average molecular weight is 321 g/mol. The number of nitrogens with zero attached hydrogens (tertiary/aromatic N) is 1. The van der Waals surface area contributed by atoms with Crippen LogP contribution in [0.1, 0.15) is 15.9 Å². The summed E-state index contributed by atoms with van der Waals surface area (Å²) in [6.45, 7) is 4.06. The molecule has 2 N–H and O–H groups in total. The van der Waals surface area contributed by atoms with Crippen LogP contribution >= 0.6 is 0 Å². The average Bonchev–Trinajstić information content (AvgIpc) is 2.52. The standard InChI is InChI=1S/C16H14F3N3O/c1-2-6-21-14-7-11(9-20-10-14)15(23)22-13-5-3-4-12(8-13)16(17,18)19/h2-5,7-10,21H,1,6H2,(H,22,23). The second-order valence-corrected chi connectivity index (χ2v) is 4.66. The highest BCUT2D eigenvalue weighted by Crippen LogP contribution is 2.30. The quantitative estimate of drug-likeness (QED) is 0.820. The van der Waals surface area contributed by atoms with Crippen molar-refractivity contribution in [2.75, 3.05) is 17.2 Å². The van der Waals surface area contributed by atoms with Gasteiger partial charge in [0.1, 0.15) is 0 Å². The number of halogens is 3. The molecule has 1 aromatic carbocycles. The highest BCUT2D eigenvalue weighted by Gasteiger charge is 2.30. The minimum Gasteiger partial charge on any atom is -0.380 e. The minimum absolute atomic E-state index is 0.0641. The van der Waals surface area contributed by atoms with Crippen LogP contribution in [0.3, 0.4) is 0 Å². The fraction of sp³-hybridized carbons (Fsp3) is 0.125. The lowest BCUT2D eigenvalue weighted by atomic mass is 10.2. The number of carbonyl (C=O) groups excluding carboxylic acids is 1. The van der Waals surface area contributed by atoms with Crippen LogP contribution in [0.5, 0.6) is 0 Å². The summed E-state index contributed by atoms with van der Waals surface area (Å²) in [5.41, 5.74) is 0.0853. The summed E-state index contributed by atoms with van der Waals surface area (Å²) in [5, 5.41) is 5.40. The third kappa shape index (κ3) is 4.57. The van der Waals surface area contributed by atoms with Crippen molar-refractivity contribution < 1.29 is 18.0 Å². The largest absolute Gasteiger partial charge is 0.416 e. The van der Waals surface area contributed by atoms with E-state index in [0.717, 1.165) is 12.1 Å². The Bertz CT molecular complexity index is 714. The van der Waals surface area contributed by atoms with Crippen molar-refractivity contribution in [1.29, 1.82) is 0 Å². The first-order chi connectivity index (χ1) is 10.9. The molecule has 7 heteroatoms. The highest BCUT2D eigenvalue weighted by atomic mass is 19.4. The molecule has 120 valence electrons. The Morgan fingerprint density at radius 1 is 1.22 bits per heavy atom. The van der Waals surface area contributed by atoms with Crippen LogP contribution in [0, 0.1) is 0 Å². The number of rotatable bonds is 5. The van der Waals surface area contributed by atoms with Gasteiger partial charge in [-0.1, -0.05) is 12.1 Å². The molecule has 0 bridgehead atoms. The predicted octanol–water partition coefficient (Wildman–Crippen LogP) is 3.95. The van der Waals surface area contributed by atoms with E-state index >= 15 is 0 Å². The number of carbonyl (C=O) groups is 1. The van der Waals surface area contributed by atoms with Crippen LogP contribution in [0.4, 0.5) is 24.5 Å². The molecular weight excluding hydrogens is 307 g/mol. The third-order valence-electron chi connectivity index (χ3n) is 2.90. The Balaban J connectivity index is 2.14. The lowest BCUT2D eigenvalue weighted by Crippen LogP contribution is -2.14. The summed E-state index contributed by atoms with van der Waals surface area (Å²) in [5.74, 6) is -0.543. The minimum atomic E-state index is -4.46. The lowest BCUT2D eigenvalue weighted by molar-refractivity contribution is -0.137. The summed E-state index contributed by atoms with van der Waals surface area (Å²) in [6, 6.07) is 6.00. The molecule has 0 fully saturated rings. The SMILES string of the molecule is C=CCNc1cncc(C(=O)Nc2cccc(C(F)(F)F)c2)c1. The van der Waals surface area contributed by atoms with Crippen LogP contribution in [-0.2, 0) is 6.18 Å². The zero-order valence-electron chi connectivity index (χ0n) is 12.0. The second-order valence-electron chi connectivity index (χ2n) is 4.66. The summed E-state index contributed by atoms with van der Waals surface area (Å²) < 4.78 is 38.0. The number of alkyl halides is 3. The van der Waals surface area contributed by atoms with E-state index in [9.17, 15) is 18.0 Å². The smallest absolute Gasteiger partial charge is 0.380 e. The molecule has 2 aromatic rings. The number of aromatic nitrogens is 1. The molecule has 0 aliphatic heterocycles. The molecule has 0 saturated heterocycles. The van der Waals surface area contributed by atoms with Crippen molar-refractivity contribution in [3.8, 4) is 0 Å². The van der Waals surface area contributed by atoms with E-state index < -0.39 is 17.6 Å². The Hall–Kier alpha value is -2.83. The van der Waals surface area contributed by atoms with Gasteiger partial charge in [-0.05, 0) is 24.3 Å². The van der Waals surface area contributed by atoms with Gasteiger partial charge in [0.2, 0.25) is 0 Å². The fourth-order valence-electron chi connectivity index (χ4n) is 1.83. The number of pyridine rings is 1. The van der Waals surface area contributed by atoms with Gasteiger partial charge in [0.25, 0.3) is 5.91 Å². The van der Waals surface area contributed by atoms with Gasteiger partial charge in [0.05, 0.1) is 16.8 Å². The van der Waals surface area contributed by atoms with Crippen molar-refractivity contribution in [1.82, 2.24) is 4.98 Å². The maximum absolute atomic E-state index is 12.7. The summed E-state index contributed by atoms with van der Waals surface area (Å²) in [4.78, 5) is 16.0. The summed E-state index contributed by atoms with van der Waals surface area (Å²) >= 11 is 0. The topological polar surface area (TPSA) is 54.0 Å². The van der Waals surface area contributed by atoms with Crippen molar-refractivity contribution in [2.45, 2.75) is 6.18 Å². The van der Waals surface area contributed by atoms with Crippen LogP contribution in [0.15, 0.2) is 55.4 Å². The van der Waals surface area contributed by atoms with Gasteiger partial charge in [-0.25, -0.2) is 0 Å². The van der Waals surface area contributed by atoms with E-state index in [1.165, 1.54) is 24.5 Å². The van der Waals surface area contributed by atoms with Crippen molar-refractivity contribution in [2.24, 2.45) is 0 Å². The van der Waals surface area contributed by atoms with E-state index in [2.05, 4.69) is 22.2 Å². The molecule has 0 radical (unpaired) electrons. The van der Waals surface area contributed by atoms with E-state index in [1.54, 1.807) is 12.1 Å². The Labute approximate surface area is 131 Å². The number of nitrogens with one attached hydrogen (secondary N) is 2. The first-order valence-corrected chi connectivity index (χ1v) is 6.68. The molecule has 0 unspecified atom stereocenters. The molecule has 0 saturated carbocycles. The number of anilines is 2. The van der Waals surface area contributed by atoms with Gasteiger partial charge < -0.3 is 10.6 Å². The molecule has 4 nitrogen and oxygen atoms in total. The number of hydrogen-bond donors (Lipinski definition) is 2. The monoisotopic (exact) mass is 321 g/mol. The maximum Gasteiger partial charge on any atom is 0.416 e. The molecule has 2 rings (SSSR count). The molecule has 0 aliphatic rings. The van der Waals surface area contributed by atoms with Crippen LogP contribution in [0.25, 0.3) is 0 Å². The molecule has 0 aliphatic carbocycles. The number of hydrogen-bond acceptors (Lipinski definition) is 3. The van der Waals surface area contributed by atoms with E-state index in [-0.39, 0.29) is 11.3 Å². The fourth-order valence-corrected chi connectivity index (χ4v) is 1.83. The van der Waals surface area contributed by atoms with E-state index in [1.807, 2.05) is 0 Å². The number of benzene rings is 1. The second kappa shape index (κ2) is 6.95. The van der Waals surface area contributed by atoms with Crippen LogP contribution in [-0.4, -0.2) is 17.4 Å². The zero-order chi connectivity index (χ0) is 16.9.